The van der Waals surface area contributed by atoms with Gasteiger partial charge in [0.15, 0.2) is 0 Å². The molecular weight excluding hydrogens is 168 g/mol. The molecule has 2 unspecified atom stereocenters. The number of hydrogen-bond donors (Lipinski definition) is 2. The number of rotatable bonds is 6. The van der Waals surface area contributed by atoms with Crippen molar-refractivity contribution in [2.45, 2.75) is 51.2 Å². The van der Waals surface area contributed by atoms with Crippen molar-refractivity contribution >= 4 is 0 Å². The van der Waals surface area contributed by atoms with Gasteiger partial charge in [0, 0.05) is 13.5 Å². The van der Waals surface area contributed by atoms with Crippen molar-refractivity contribution < 1.29 is 14.9 Å². The van der Waals surface area contributed by atoms with Gasteiger partial charge in [-0.05, 0) is 19.8 Å². The van der Waals surface area contributed by atoms with Gasteiger partial charge in [0.2, 0.25) is 0 Å². The minimum atomic E-state index is -0.999. The lowest BCUT2D eigenvalue weighted by Gasteiger charge is -2.35. The molecule has 0 saturated carbocycles. The van der Waals surface area contributed by atoms with Crippen molar-refractivity contribution in [2.24, 2.45) is 0 Å². The molecule has 0 radical (unpaired) electrons. The van der Waals surface area contributed by atoms with E-state index in [0.29, 0.717) is 12.8 Å². The van der Waals surface area contributed by atoms with Crippen LogP contribution >= 0.6 is 0 Å². The maximum atomic E-state index is 9.90. The minimum Gasteiger partial charge on any atom is -0.393 e. The first-order chi connectivity index (χ1) is 5.95. The van der Waals surface area contributed by atoms with E-state index in [2.05, 4.69) is 0 Å². The topological polar surface area (TPSA) is 49.7 Å². The first-order valence-corrected chi connectivity index (χ1v) is 4.83. The van der Waals surface area contributed by atoms with Crippen molar-refractivity contribution in [3.63, 3.8) is 0 Å². The van der Waals surface area contributed by atoms with Crippen LogP contribution in [0, 0.1) is 0 Å². The molecule has 3 nitrogen and oxygen atoms in total. The lowest BCUT2D eigenvalue weighted by Crippen LogP contribution is -2.42. The second-order valence-electron chi connectivity index (χ2n) is 3.92. The third kappa shape index (κ3) is 3.63. The number of methoxy groups -OCH3 is 1. The van der Waals surface area contributed by atoms with Gasteiger partial charge in [-0.25, -0.2) is 0 Å². The van der Waals surface area contributed by atoms with E-state index in [1.54, 1.807) is 7.11 Å². The molecular formula is C10H22O3. The van der Waals surface area contributed by atoms with E-state index >= 15 is 0 Å². The fourth-order valence-electron chi connectivity index (χ4n) is 1.33. The van der Waals surface area contributed by atoms with E-state index in [1.807, 2.05) is 20.8 Å². The largest absolute Gasteiger partial charge is 0.393 e. The molecule has 0 aromatic carbocycles. The Balaban J connectivity index is 4.36. The maximum absolute atomic E-state index is 9.90. The van der Waals surface area contributed by atoms with Crippen molar-refractivity contribution in [2.75, 3.05) is 13.7 Å². The van der Waals surface area contributed by atoms with Gasteiger partial charge in [0.05, 0.1) is 17.8 Å². The van der Waals surface area contributed by atoms with Crippen LogP contribution in [0.2, 0.25) is 0 Å². The molecule has 0 bridgehead atoms. The molecule has 80 valence electrons. The molecule has 0 amide bonds. The Morgan fingerprint density at radius 3 is 2.00 bits per heavy atom. The number of aliphatic hydroxyl groups excluding tert-OH is 1. The van der Waals surface area contributed by atoms with Crippen LogP contribution in [0.15, 0.2) is 0 Å². The molecule has 0 fully saturated rings. The molecule has 0 aliphatic carbocycles. The summed E-state index contributed by atoms with van der Waals surface area (Å²) in [5, 5.41) is 18.9. The molecule has 0 aliphatic rings. The average molecular weight is 190 g/mol. The van der Waals surface area contributed by atoms with E-state index in [1.165, 1.54) is 0 Å². The Bertz CT molecular complexity index is 121. The molecule has 0 aliphatic heterocycles. The minimum absolute atomic E-state index is 0.206. The second kappa shape index (κ2) is 4.94. The van der Waals surface area contributed by atoms with Crippen molar-refractivity contribution in [1.82, 2.24) is 0 Å². The zero-order valence-corrected chi connectivity index (χ0v) is 9.13. The van der Waals surface area contributed by atoms with E-state index in [4.69, 9.17) is 9.84 Å². The van der Waals surface area contributed by atoms with Gasteiger partial charge < -0.3 is 14.9 Å². The van der Waals surface area contributed by atoms with Crippen LogP contribution in [0.4, 0.5) is 0 Å². The fraction of sp³-hybridized carbons (Fsp3) is 1.00. The molecule has 0 aromatic rings. The van der Waals surface area contributed by atoms with Crippen LogP contribution in [0.25, 0.3) is 0 Å². The SMILES string of the molecule is CCC(O)(CO)CC(C)(CC)OC. The molecule has 13 heavy (non-hydrogen) atoms. The lowest BCUT2D eigenvalue weighted by molar-refractivity contribution is -0.1000. The van der Waals surface area contributed by atoms with E-state index in [0.717, 1.165) is 6.42 Å². The fourth-order valence-corrected chi connectivity index (χ4v) is 1.33. The van der Waals surface area contributed by atoms with E-state index in [9.17, 15) is 5.11 Å². The summed E-state index contributed by atoms with van der Waals surface area (Å²) in [6.07, 6.45) is 1.84. The van der Waals surface area contributed by atoms with Gasteiger partial charge in [0.25, 0.3) is 0 Å². The summed E-state index contributed by atoms with van der Waals surface area (Å²) in [5.74, 6) is 0. The van der Waals surface area contributed by atoms with Crippen LogP contribution in [-0.4, -0.2) is 35.1 Å². The Hall–Kier alpha value is -0.120. The third-order valence-corrected chi connectivity index (χ3v) is 2.90. The van der Waals surface area contributed by atoms with Crippen LogP contribution in [0.3, 0.4) is 0 Å². The molecule has 0 heterocycles. The molecule has 0 rings (SSSR count). The standard InChI is InChI=1S/C10H22O3/c1-5-9(3,13-4)7-10(12,6-2)8-11/h11-12H,5-8H2,1-4H3. The van der Waals surface area contributed by atoms with Crippen molar-refractivity contribution in [3.8, 4) is 0 Å². The van der Waals surface area contributed by atoms with Crippen LogP contribution < -0.4 is 0 Å². The Morgan fingerprint density at radius 2 is 1.77 bits per heavy atom. The van der Waals surface area contributed by atoms with Crippen LogP contribution in [0.5, 0.6) is 0 Å². The predicted molar refractivity (Wildman–Crippen MR) is 52.6 cm³/mol. The summed E-state index contributed by atoms with van der Waals surface area (Å²) in [4.78, 5) is 0. The Labute approximate surface area is 80.7 Å². The van der Waals surface area contributed by atoms with Gasteiger partial charge in [-0.2, -0.15) is 0 Å². The van der Waals surface area contributed by atoms with Crippen molar-refractivity contribution in [3.05, 3.63) is 0 Å². The molecule has 0 aromatic heterocycles. The Morgan fingerprint density at radius 1 is 1.23 bits per heavy atom. The first kappa shape index (κ1) is 12.9. The van der Waals surface area contributed by atoms with Gasteiger partial charge in [-0.15, -0.1) is 0 Å². The van der Waals surface area contributed by atoms with Gasteiger partial charge in [-0.1, -0.05) is 13.8 Å². The van der Waals surface area contributed by atoms with Gasteiger partial charge >= 0.3 is 0 Å². The van der Waals surface area contributed by atoms with Crippen LogP contribution in [-0.2, 0) is 4.74 Å². The lowest BCUT2D eigenvalue weighted by atomic mass is 9.85. The average Bonchev–Trinajstić information content (AvgIpc) is 2.17. The number of ether oxygens (including phenoxy) is 1. The highest BCUT2D eigenvalue weighted by Crippen LogP contribution is 2.28. The predicted octanol–water partition coefficient (Wildman–Crippen LogP) is 1.32. The summed E-state index contributed by atoms with van der Waals surface area (Å²) < 4.78 is 5.32. The first-order valence-electron chi connectivity index (χ1n) is 4.83. The quantitative estimate of drug-likeness (QED) is 0.664. The molecule has 3 heteroatoms. The second-order valence-corrected chi connectivity index (χ2v) is 3.92. The Kier molecular flexibility index (Phi) is 4.89. The number of aliphatic hydroxyl groups is 2. The zero-order chi connectivity index (χ0) is 10.5. The highest BCUT2D eigenvalue weighted by molar-refractivity contribution is 4.86. The van der Waals surface area contributed by atoms with Gasteiger partial charge in [-0.3, -0.25) is 0 Å². The van der Waals surface area contributed by atoms with E-state index in [-0.39, 0.29) is 12.2 Å². The summed E-state index contributed by atoms with van der Waals surface area (Å²) >= 11 is 0. The summed E-state index contributed by atoms with van der Waals surface area (Å²) in [6.45, 7) is 5.62. The van der Waals surface area contributed by atoms with E-state index < -0.39 is 5.60 Å². The number of hydrogen-bond acceptors (Lipinski definition) is 3. The smallest absolute Gasteiger partial charge is 0.0902 e. The molecule has 0 saturated heterocycles. The molecule has 2 N–H and O–H groups in total. The summed E-state index contributed by atoms with van der Waals surface area (Å²) in [7, 11) is 1.64. The third-order valence-electron chi connectivity index (χ3n) is 2.90. The van der Waals surface area contributed by atoms with Crippen LogP contribution in [0.1, 0.15) is 40.0 Å². The highest BCUT2D eigenvalue weighted by Gasteiger charge is 2.34. The monoisotopic (exact) mass is 190 g/mol. The van der Waals surface area contributed by atoms with Crippen molar-refractivity contribution in [1.29, 1.82) is 0 Å². The zero-order valence-electron chi connectivity index (χ0n) is 9.13. The summed E-state index contributed by atoms with van der Waals surface area (Å²) in [6, 6.07) is 0. The molecule has 0 spiro atoms. The maximum Gasteiger partial charge on any atom is 0.0902 e. The normalized spacial score (nSPS) is 20.8. The molecule has 2 atom stereocenters. The van der Waals surface area contributed by atoms with Gasteiger partial charge in [0.1, 0.15) is 0 Å². The summed E-state index contributed by atoms with van der Waals surface area (Å²) in [5.41, 5.74) is -1.34. The highest BCUT2D eigenvalue weighted by atomic mass is 16.5.